The van der Waals surface area contributed by atoms with E-state index >= 15 is 0 Å². The van der Waals surface area contributed by atoms with Crippen LogP contribution in [0.1, 0.15) is 25.3 Å². The lowest BCUT2D eigenvalue weighted by Crippen LogP contribution is -2.50. The van der Waals surface area contributed by atoms with Crippen LogP contribution in [-0.4, -0.2) is 30.6 Å². The third kappa shape index (κ3) is 3.79. The van der Waals surface area contributed by atoms with Crippen molar-refractivity contribution in [3.8, 4) is 0 Å². The van der Waals surface area contributed by atoms with Gasteiger partial charge in [0.25, 0.3) is 0 Å². The first-order chi connectivity index (χ1) is 8.28. The van der Waals surface area contributed by atoms with Gasteiger partial charge in [-0.15, -0.1) is 0 Å². The summed E-state index contributed by atoms with van der Waals surface area (Å²) in [5.41, 5.74) is 1.07. The van der Waals surface area contributed by atoms with Crippen LogP contribution in [0.15, 0.2) is 24.3 Å². The second kappa shape index (κ2) is 6.12. The van der Waals surface area contributed by atoms with E-state index in [-0.39, 0.29) is 5.82 Å². The summed E-state index contributed by atoms with van der Waals surface area (Å²) in [5.74, 6) is -0.136. The third-order valence-electron chi connectivity index (χ3n) is 3.27. The van der Waals surface area contributed by atoms with Crippen molar-refractivity contribution < 1.29 is 4.39 Å². The summed E-state index contributed by atoms with van der Waals surface area (Å²) in [6.07, 6.45) is 2.44. The fourth-order valence-electron chi connectivity index (χ4n) is 2.47. The molecule has 0 aliphatic carbocycles. The molecule has 1 heterocycles. The lowest BCUT2D eigenvalue weighted by Gasteiger charge is -2.33. The number of benzene rings is 1. The lowest BCUT2D eigenvalue weighted by atomic mass is 10.1. The SMILES string of the molecule is CCCC1CN(Cc2cccc(F)c2)CCN1. The molecule has 0 aromatic heterocycles. The molecule has 2 rings (SSSR count). The molecule has 1 unspecified atom stereocenters. The molecule has 1 fully saturated rings. The Balaban J connectivity index is 1.90. The second-order valence-corrected chi connectivity index (χ2v) is 4.80. The van der Waals surface area contributed by atoms with E-state index in [1.165, 1.54) is 18.9 Å². The van der Waals surface area contributed by atoms with Crippen molar-refractivity contribution in [1.82, 2.24) is 10.2 Å². The van der Waals surface area contributed by atoms with Crippen molar-refractivity contribution in [2.24, 2.45) is 0 Å². The van der Waals surface area contributed by atoms with Crippen LogP contribution in [0.4, 0.5) is 4.39 Å². The maximum atomic E-state index is 13.1. The van der Waals surface area contributed by atoms with Crippen LogP contribution in [0, 0.1) is 5.82 Å². The third-order valence-corrected chi connectivity index (χ3v) is 3.27. The zero-order chi connectivity index (χ0) is 12.1. The van der Waals surface area contributed by atoms with Crippen LogP contribution in [-0.2, 0) is 6.54 Å². The number of hydrogen-bond donors (Lipinski definition) is 1. The molecule has 1 saturated heterocycles. The fraction of sp³-hybridized carbons (Fsp3) is 0.571. The predicted octanol–water partition coefficient (Wildman–Crippen LogP) is 2.40. The van der Waals surface area contributed by atoms with Crippen molar-refractivity contribution in [3.05, 3.63) is 35.6 Å². The lowest BCUT2D eigenvalue weighted by molar-refractivity contribution is 0.186. The van der Waals surface area contributed by atoms with Gasteiger partial charge in [0.15, 0.2) is 0 Å². The van der Waals surface area contributed by atoms with Gasteiger partial charge in [0.05, 0.1) is 0 Å². The van der Waals surface area contributed by atoms with E-state index in [4.69, 9.17) is 0 Å². The van der Waals surface area contributed by atoms with Crippen LogP contribution in [0.2, 0.25) is 0 Å². The second-order valence-electron chi connectivity index (χ2n) is 4.80. The van der Waals surface area contributed by atoms with Crippen LogP contribution in [0.5, 0.6) is 0 Å². The Kier molecular flexibility index (Phi) is 4.51. The van der Waals surface area contributed by atoms with Gasteiger partial charge in [0, 0.05) is 32.2 Å². The standard InChI is InChI=1S/C14H21FN2/c1-2-4-14-11-17(8-7-16-14)10-12-5-3-6-13(15)9-12/h3,5-6,9,14,16H,2,4,7-8,10-11H2,1H3. The minimum absolute atomic E-state index is 0.136. The number of nitrogens with zero attached hydrogens (tertiary/aromatic N) is 1. The van der Waals surface area contributed by atoms with E-state index in [0.29, 0.717) is 6.04 Å². The maximum Gasteiger partial charge on any atom is 0.123 e. The Morgan fingerprint density at radius 2 is 2.35 bits per heavy atom. The van der Waals surface area contributed by atoms with E-state index < -0.39 is 0 Å². The first kappa shape index (κ1) is 12.5. The summed E-state index contributed by atoms with van der Waals surface area (Å²) in [6, 6.07) is 7.52. The van der Waals surface area contributed by atoms with Gasteiger partial charge >= 0.3 is 0 Å². The molecule has 1 aliphatic rings. The van der Waals surface area contributed by atoms with Crippen molar-refractivity contribution in [2.75, 3.05) is 19.6 Å². The Morgan fingerprint density at radius 1 is 1.47 bits per heavy atom. The molecule has 1 aromatic rings. The average Bonchev–Trinajstić information content (AvgIpc) is 2.30. The van der Waals surface area contributed by atoms with Gasteiger partial charge in [-0.25, -0.2) is 4.39 Å². The van der Waals surface area contributed by atoms with Gasteiger partial charge < -0.3 is 5.32 Å². The maximum absolute atomic E-state index is 13.1. The predicted molar refractivity (Wildman–Crippen MR) is 68.4 cm³/mol. The van der Waals surface area contributed by atoms with Crippen molar-refractivity contribution in [2.45, 2.75) is 32.4 Å². The molecular weight excluding hydrogens is 215 g/mol. The Bertz CT molecular complexity index is 352. The molecule has 1 aromatic carbocycles. The minimum atomic E-state index is -0.136. The Morgan fingerprint density at radius 3 is 3.12 bits per heavy atom. The normalized spacial score (nSPS) is 21.6. The van der Waals surface area contributed by atoms with Crippen LogP contribution >= 0.6 is 0 Å². The van der Waals surface area contributed by atoms with E-state index in [0.717, 1.165) is 31.7 Å². The fourth-order valence-corrected chi connectivity index (χ4v) is 2.47. The van der Waals surface area contributed by atoms with Gasteiger partial charge in [-0.05, 0) is 24.1 Å². The molecular formula is C14H21FN2. The highest BCUT2D eigenvalue weighted by Crippen LogP contribution is 2.11. The van der Waals surface area contributed by atoms with Gasteiger partial charge in [0.1, 0.15) is 5.82 Å². The van der Waals surface area contributed by atoms with E-state index in [2.05, 4.69) is 17.1 Å². The molecule has 1 N–H and O–H groups in total. The van der Waals surface area contributed by atoms with E-state index in [9.17, 15) is 4.39 Å². The van der Waals surface area contributed by atoms with Crippen LogP contribution < -0.4 is 5.32 Å². The average molecular weight is 236 g/mol. The number of hydrogen-bond acceptors (Lipinski definition) is 2. The molecule has 0 bridgehead atoms. The highest BCUT2D eigenvalue weighted by Gasteiger charge is 2.18. The van der Waals surface area contributed by atoms with Crippen molar-refractivity contribution in [1.29, 1.82) is 0 Å². The molecule has 3 heteroatoms. The molecule has 17 heavy (non-hydrogen) atoms. The molecule has 0 spiro atoms. The Labute approximate surface area is 103 Å². The molecule has 0 radical (unpaired) electrons. The van der Waals surface area contributed by atoms with Gasteiger partial charge in [0.2, 0.25) is 0 Å². The quantitative estimate of drug-likeness (QED) is 0.863. The first-order valence-corrected chi connectivity index (χ1v) is 6.48. The summed E-state index contributed by atoms with van der Waals surface area (Å²) in [7, 11) is 0. The van der Waals surface area contributed by atoms with Crippen molar-refractivity contribution in [3.63, 3.8) is 0 Å². The van der Waals surface area contributed by atoms with E-state index in [1.54, 1.807) is 12.1 Å². The van der Waals surface area contributed by atoms with Crippen molar-refractivity contribution >= 4 is 0 Å². The van der Waals surface area contributed by atoms with Crippen LogP contribution in [0.3, 0.4) is 0 Å². The zero-order valence-corrected chi connectivity index (χ0v) is 10.5. The van der Waals surface area contributed by atoms with Gasteiger partial charge in [-0.2, -0.15) is 0 Å². The number of rotatable bonds is 4. The van der Waals surface area contributed by atoms with Gasteiger partial charge in [-0.1, -0.05) is 25.5 Å². The zero-order valence-electron chi connectivity index (χ0n) is 10.5. The first-order valence-electron chi connectivity index (χ1n) is 6.48. The smallest absolute Gasteiger partial charge is 0.123 e. The molecule has 94 valence electrons. The van der Waals surface area contributed by atoms with Crippen LogP contribution in [0.25, 0.3) is 0 Å². The molecule has 0 saturated carbocycles. The Hall–Kier alpha value is -0.930. The summed E-state index contributed by atoms with van der Waals surface area (Å²) >= 11 is 0. The molecule has 0 amide bonds. The summed E-state index contributed by atoms with van der Waals surface area (Å²) in [5, 5.41) is 3.53. The largest absolute Gasteiger partial charge is 0.311 e. The topological polar surface area (TPSA) is 15.3 Å². The summed E-state index contributed by atoms with van der Waals surface area (Å²) < 4.78 is 13.1. The van der Waals surface area contributed by atoms with Gasteiger partial charge in [-0.3, -0.25) is 4.90 Å². The monoisotopic (exact) mass is 236 g/mol. The number of piperazine rings is 1. The summed E-state index contributed by atoms with van der Waals surface area (Å²) in [4.78, 5) is 2.41. The van der Waals surface area contributed by atoms with E-state index in [1.807, 2.05) is 6.07 Å². The summed E-state index contributed by atoms with van der Waals surface area (Å²) in [6.45, 7) is 6.24. The molecule has 1 aliphatic heterocycles. The number of halogens is 1. The molecule has 1 atom stereocenters. The number of nitrogens with one attached hydrogen (secondary N) is 1. The molecule has 2 nitrogen and oxygen atoms in total. The highest BCUT2D eigenvalue weighted by atomic mass is 19.1. The highest BCUT2D eigenvalue weighted by molar-refractivity contribution is 5.16. The minimum Gasteiger partial charge on any atom is -0.311 e.